The van der Waals surface area contributed by atoms with Crippen molar-refractivity contribution in [1.82, 2.24) is 9.80 Å². The van der Waals surface area contributed by atoms with Gasteiger partial charge >= 0.3 is 6.18 Å². The van der Waals surface area contributed by atoms with E-state index in [9.17, 15) is 13.2 Å². The van der Waals surface area contributed by atoms with Crippen molar-refractivity contribution in [2.45, 2.75) is 39.0 Å². The third kappa shape index (κ3) is 5.15. The lowest BCUT2D eigenvalue weighted by Crippen LogP contribution is -2.53. The fourth-order valence-electron chi connectivity index (χ4n) is 3.79. The summed E-state index contributed by atoms with van der Waals surface area (Å²) in [7, 11) is 0. The van der Waals surface area contributed by atoms with E-state index in [-0.39, 0.29) is 5.54 Å². The first-order valence-electron chi connectivity index (χ1n) is 9.65. The molecule has 1 aromatic carbocycles. The van der Waals surface area contributed by atoms with Crippen LogP contribution in [0.3, 0.4) is 0 Å². The second kappa shape index (κ2) is 7.97. The van der Waals surface area contributed by atoms with Crippen molar-refractivity contribution in [3.05, 3.63) is 29.3 Å². The summed E-state index contributed by atoms with van der Waals surface area (Å²) in [6.45, 7) is 13.5. The number of halogens is 3. The van der Waals surface area contributed by atoms with Gasteiger partial charge in [0.2, 0.25) is 0 Å². The van der Waals surface area contributed by atoms with Crippen LogP contribution in [0, 0.1) is 0 Å². The Morgan fingerprint density at radius 2 is 1.56 bits per heavy atom. The van der Waals surface area contributed by atoms with Gasteiger partial charge < -0.3 is 9.64 Å². The average Bonchev–Trinajstić information content (AvgIpc) is 2.61. The van der Waals surface area contributed by atoms with Crippen LogP contribution in [-0.4, -0.2) is 67.8 Å². The summed E-state index contributed by atoms with van der Waals surface area (Å²) in [5.74, 6) is 0. The van der Waals surface area contributed by atoms with Crippen LogP contribution < -0.4 is 4.90 Å². The zero-order valence-electron chi connectivity index (χ0n) is 16.5. The van der Waals surface area contributed by atoms with Crippen molar-refractivity contribution in [3.8, 4) is 0 Å². The molecule has 2 saturated heterocycles. The van der Waals surface area contributed by atoms with Crippen molar-refractivity contribution in [1.29, 1.82) is 0 Å². The maximum absolute atomic E-state index is 13.2. The third-order valence-corrected chi connectivity index (χ3v) is 5.48. The summed E-state index contributed by atoms with van der Waals surface area (Å²) in [4.78, 5) is 6.83. The van der Waals surface area contributed by atoms with Crippen LogP contribution in [0.25, 0.3) is 0 Å². The van der Waals surface area contributed by atoms with Crippen molar-refractivity contribution < 1.29 is 17.9 Å². The van der Waals surface area contributed by atoms with Gasteiger partial charge in [-0.1, -0.05) is 6.07 Å². The molecule has 0 bridgehead atoms. The van der Waals surface area contributed by atoms with E-state index in [4.69, 9.17) is 4.74 Å². The standard InChI is InChI=1S/C20H30F3N3O/c1-19(2,3)26-8-6-24(7-9-26)15-16-4-5-17(20(21,22)23)14-18(16)25-10-12-27-13-11-25/h4-5,14H,6-13,15H2,1-3H3. The smallest absolute Gasteiger partial charge is 0.378 e. The van der Waals surface area contributed by atoms with Gasteiger partial charge in [-0.25, -0.2) is 0 Å². The van der Waals surface area contributed by atoms with E-state index in [0.717, 1.165) is 31.7 Å². The number of benzene rings is 1. The van der Waals surface area contributed by atoms with Gasteiger partial charge in [0.05, 0.1) is 18.8 Å². The number of morpholine rings is 1. The molecule has 0 aromatic heterocycles. The molecule has 7 heteroatoms. The SMILES string of the molecule is CC(C)(C)N1CCN(Cc2ccc(C(F)(F)F)cc2N2CCOCC2)CC1. The summed E-state index contributed by atoms with van der Waals surface area (Å²) in [6.07, 6.45) is -4.32. The van der Waals surface area contributed by atoms with E-state index in [1.165, 1.54) is 12.1 Å². The fourth-order valence-corrected chi connectivity index (χ4v) is 3.79. The van der Waals surface area contributed by atoms with E-state index < -0.39 is 11.7 Å². The van der Waals surface area contributed by atoms with E-state index in [1.54, 1.807) is 6.07 Å². The number of anilines is 1. The van der Waals surface area contributed by atoms with Crippen LogP contribution in [0.2, 0.25) is 0 Å². The molecular weight excluding hydrogens is 355 g/mol. The molecule has 0 saturated carbocycles. The summed E-state index contributed by atoms with van der Waals surface area (Å²) in [5, 5.41) is 0. The number of nitrogens with zero attached hydrogens (tertiary/aromatic N) is 3. The Balaban J connectivity index is 1.76. The Morgan fingerprint density at radius 3 is 2.11 bits per heavy atom. The highest BCUT2D eigenvalue weighted by molar-refractivity contribution is 5.56. The Hall–Kier alpha value is -1.31. The molecule has 3 rings (SSSR count). The van der Waals surface area contributed by atoms with Gasteiger partial charge in [-0.05, 0) is 38.5 Å². The molecule has 0 unspecified atom stereocenters. The highest BCUT2D eigenvalue weighted by atomic mass is 19.4. The van der Waals surface area contributed by atoms with Gasteiger partial charge in [0.25, 0.3) is 0 Å². The van der Waals surface area contributed by atoms with Gasteiger partial charge in [-0.3, -0.25) is 9.80 Å². The lowest BCUT2D eigenvalue weighted by atomic mass is 10.0. The molecule has 152 valence electrons. The summed E-state index contributed by atoms with van der Waals surface area (Å²) >= 11 is 0. The van der Waals surface area contributed by atoms with E-state index in [1.807, 2.05) is 4.90 Å². The molecule has 2 fully saturated rings. The van der Waals surface area contributed by atoms with Crippen LogP contribution in [-0.2, 0) is 17.5 Å². The summed E-state index contributed by atoms with van der Waals surface area (Å²) in [5.41, 5.74) is 1.24. The first-order valence-corrected chi connectivity index (χ1v) is 9.65. The Morgan fingerprint density at radius 1 is 0.926 bits per heavy atom. The maximum atomic E-state index is 13.2. The number of hydrogen-bond acceptors (Lipinski definition) is 4. The monoisotopic (exact) mass is 385 g/mol. The molecule has 2 aliphatic heterocycles. The largest absolute Gasteiger partial charge is 0.416 e. The van der Waals surface area contributed by atoms with Gasteiger partial charge in [0.1, 0.15) is 0 Å². The van der Waals surface area contributed by atoms with Crippen molar-refractivity contribution in [2.24, 2.45) is 0 Å². The molecule has 2 heterocycles. The minimum atomic E-state index is -4.32. The molecule has 1 aromatic rings. The lowest BCUT2D eigenvalue weighted by molar-refractivity contribution is -0.137. The van der Waals surface area contributed by atoms with Crippen LogP contribution in [0.4, 0.5) is 18.9 Å². The second-order valence-electron chi connectivity index (χ2n) is 8.37. The first-order chi connectivity index (χ1) is 12.6. The number of piperazine rings is 1. The van der Waals surface area contributed by atoms with Crippen LogP contribution >= 0.6 is 0 Å². The summed E-state index contributed by atoms with van der Waals surface area (Å²) < 4.78 is 45.0. The van der Waals surface area contributed by atoms with Gasteiger partial charge in [-0.2, -0.15) is 13.2 Å². The van der Waals surface area contributed by atoms with Crippen LogP contribution in [0.1, 0.15) is 31.9 Å². The normalized spacial score (nSPS) is 20.9. The maximum Gasteiger partial charge on any atom is 0.416 e. The van der Waals surface area contributed by atoms with Crippen LogP contribution in [0.5, 0.6) is 0 Å². The quantitative estimate of drug-likeness (QED) is 0.793. The molecule has 0 aliphatic carbocycles. The fraction of sp³-hybridized carbons (Fsp3) is 0.700. The Bertz CT molecular complexity index is 628. The number of ether oxygens (including phenoxy) is 1. The zero-order chi connectivity index (χ0) is 19.7. The molecule has 27 heavy (non-hydrogen) atoms. The van der Waals surface area contributed by atoms with E-state index in [0.29, 0.717) is 38.5 Å². The van der Waals surface area contributed by atoms with E-state index in [2.05, 4.69) is 30.6 Å². The van der Waals surface area contributed by atoms with Gasteiger partial charge in [0, 0.05) is 57.0 Å². The van der Waals surface area contributed by atoms with Crippen molar-refractivity contribution >= 4 is 5.69 Å². The molecule has 0 radical (unpaired) electrons. The molecule has 0 spiro atoms. The first kappa shape index (κ1) is 20.4. The molecular formula is C20H30F3N3O. The highest BCUT2D eigenvalue weighted by Gasteiger charge is 2.32. The van der Waals surface area contributed by atoms with E-state index >= 15 is 0 Å². The lowest BCUT2D eigenvalue weighted by Gasteiger charge is -2.42. The van der Waals surface area contributed by atoms with Gasteiger partial charge in [0.15, 0.2) is 0 Å². The minimum Gasteiger partial charge on any atom is -0.378 e. The topological polar surface area (TPSA) is 19.0 Å². The number of hydrogen-bond donors (Lipinski definition) is 0. The predicted molar refractivity (Wildman–Crippen MR) is 101 cm³/mol. The number of rotatable bonds is 3. The zero-order valence-corrected chi connectivity index (χ0v) is 16.5. The molecule has 4 nitrogen and oxygen atoms in total. The summed E-state index contributed by atoms with van der Waals surface area (Å²) in [6, 6.07) is 4.18. The molecule has 0 amide bonds. The average molecular weight is 385 g/mol. The van der Waals surface area contributed by atoms with Crippen LogP contribution in [0.15, 0.2) is 18.2 Å². The molecule has 2 aliphatic rings. The Labute approximate surface area is 159 Å². The minimum absolute atomic E-state index is 0.152. The Kier molecular flexibility index (Phi) is 6.03. The highest BCUT2D eigenvalue weighted by Crippen LogP contribution is 2.34. The number of alkyl halides is 3. The predicted octanol–water partition coefficient (Wildman–Crippen LogP) is 3.46. The molecule has 0 N–H and O–H groups in total. The van der Waals surface area contributed by atoms with Crippen molar-refractivity contribution in [2.75, 3.05) is 57.4 Å². The molecule has 0 atom stereocenters. The third-order valence-electron chi connectivity index (χ3n) is 5.48. The van der Waals surface area contributed by atoms with Crippen molar-refractivity contribution in [3.63, 3.8) is 0 Å². The van der Waals surface area contributed by atoms with Gasteiger partial charge in [-0.15, -0.1) is 0 Å². The second-order valence-corrected chi connectivity index (χ2v) is 8.37.